The number of hydrogen-bond donors (Lipinski definition) is 0. The summed E-state index contributed by atoms with van der Waals surface area (Å²) in [5.74, 6) is 0. The molecule has 0 unspecified atom stereocenters. The minimum atomic E-state index is -0.611. The average molecular weight is 331 g/mol. The van der Waals surface area contributed by atoms with Gasteiger partial charge in [-0.1, -0.05) is 91.0 Å². The van der Waals surface area contributed by atoms with E-state index in [9.17, 15) is 0 Å². The first-order valence-corrected chi connectivity index (χ1v) is 8.69. The number of hydrogen-bond acceptors (Lipinski definition) is 2. The molecular formula is C23H25NO. The molecule has 3 aromatic rings. The van der Waals surface area contributed by atoms with Gasteiger partial charge >= 0.3 is 0 Å². The molecule has 0 aliphatic rings. The maximum atomic E-state index is 6.66. The SMILES string of the molecule is CN(C)CCOC(c1ccccc1)(c1ccccc1)c1ccccc1. The van der Waals surface area contributed by atoms with Gasteiger partial charge < -0.3 is 9.64 Å². The summed E-state index contributed by atoms with van der Waals surface area (Å²) in [5.41, 5.74) is 2.82. The predicted octanol–water partition coefficient (Wildman–Crippen LogP) is 4.56. The summed E-state index contributed by atoms with van der Waals surface area (Å²) >= 11 is 0. The van der Waals surface area contributed by atoms with Crippen LogP contribution >= 0.6 is 0 Å². The van der Waals surface area contributed by atoms with E-state index in [-0.39, 0.29) is 0 Å². The largest absolute Gasteiger partial charge is 0.360 e. The molecule has 0 N–H and O–H groups in total. The van der Waals surface area contributed by atoms with Crippen molar-refractivity contribution in [3.63, 3.8) is 0 Å². The Hall–Kier alpha value is -2.42. The van der Waals surface area contributed by atoms with Crippen molar-refractivity contribution in [2.75, 3.05) is 27.2 Å². The zero-order valence-electron chi connectivity index (χ0n) is 14.9. The molecule has 0 saturated heterocycles. The molecular weight excluding hydrogens is 306 g/mol. The zero-order valence-corrected chi connectivity index (χ0v) is 14.9. The Labute approximate surface area is 150 Å². The number of nitrogens with zero attached hydrogens (tertiary/aromatic N) is 1. The van der Waals surface area contributed by atoms with Crippen LogP contribution in [0, 0.1) is 0 Å². The Morgan fingerprint density at radius 2 is 1.00 bits per heavy atom. The molecule has 128 valence electrons. The van der Waals surface area contributed by atoms with Crippen molar-refractivity contribution in [1.29, 1.82) is 0 Å². The van der Waals surface area contributed by atoms with Crippen molar-refractivity contribution in [2.45, 2.75) is 5.60 Å². The lowest BCUT2D eigenvalue weighted by molar-refractivity contribution is 0.00598. The molecule has 0 atom stereocenters. The van der Waals surface area contributed by atoms with Gasteiger partial charge in [-0.15, -0.1) is 0 Å². The highest BCUT2D eigenvalue weighted by Gasteiger charge is 2.37. The van der Waals surface area contributed by atoms with Gasteiger partial charge in [0, 0.05) is 6.54 Å². The first kappa shape index (κ1) is 17.4. The summed E-state index contributed by atoms with van der Waals surface area (Å²) in [6, 6.07) is 31.5. The predicted molar refractivity (Wildman–Crippen MR) is 104 cm³/mol. The van der Waals surface area contributed by atoms with Crippen molar-refractivity contribution in [3.05, 3.63) is 108 Å². The first-order chi connectivity index (χ1) is 12.2. The maximum Gasteiger partial charge on any atom is 0.143 e. The van der Waals surface area contributed by atoms with Gasteiger partial charge in [-0.25, -0.2) is 0 Å². The summed E-state index contributed by atoms with van der Waals surface area (Å²) in [6.45, 7) is 1.51. The lowest BCUT2D eigenvalue weighted by Gasteiger charge is -2.36. The molecule has 0 amide bonds. The first-order valence-electron chi connectivity index (χ1n) is 8.69. The van der Waals surface area contributed by atoms with E-state index in [4.69, 9.17) is 4.74 Å². The molecule has 2 heteroatoms. The normalized spacial score (nSPS) is 11.6. The second-order valence-corrected chi connectivity index (χ2v) is 6.43. The summed E-state index contributed by atoms with van der Waals surface area (Å²) in [6.07, 6.45) is 0. The van der Waals surface area contributed by atoms with Gasteiger partial charge in [0.2, 0.25) is 0 Å². The molecule has 0 heterocycles. The Morgan fingerprint density at radius 3 is 1.32 bits per heavy atom. The van der Waals surface area contributed by atoms with E-state index < -0.39 is 5.60 Å². The number of benzene rings is 3. The fourth-order valence-corrected chi connectivity index (χ4v) is 3.15. The van der Waals surface area contributed by atoms with E-state index >= 15 is 0 Å². The molecule has 3 aromatic carbocycles. The van der Waals surface area contributed by atoms with Crippen LogP contribution in [0.25, 0.3) is 0 Å². The molecule has 0 saturated carbocycles. The lowest BCUT2D eigenvalue weighted by atomic mass is 9.80. The van der Waals surface area contributed by atoms with Crippen LogP contribution in [0.1, 0.15) is 16.7 Å². The van der Waals surface area contributed by atoms with Crippen LogP contribution in [0.3, 0.4) is 0 Å². The van der Waals surface area contributed by atoms with Gasteiger partial charge in [0.05, 0.1) is 6.61 Å². The third-order valence-electron chi connectivity index (χ3n) is 4.40. The van der Waals surface area contributed by atoms with Crippen molar-refractivity contribution in [1.82, 2.24) is 4.90 Å². The van der Waals surface area contributed by atoms with E-state index in [2.05, 4.69) is 91.8 Å². The van der Waals surface area contributed by atoms with Crippen molar-refractivity contribution < 1.29 is 4.74 Å². The monoisotopic (exact) mass is 331 g/mol. The van der Waals surface area contributed by atoms with Crippen LogP contribution in [0.4, 0.5) is 0 Å². The second-order valence-electron chi connectivity index (χ2n) is 6.43. The number of likely N-dealkylation sites (N-methyl/N-ethyl adjacent to an activating group) is 1. The van der Waals surface area contributed by atoms with E-state index in [1.165, 1.54) is 0 Å². The number of rotatable bonds is 7. The fourth-order valence-electron chi connectivity index (χ4n) is 3.15. The Kier molecular flexibility index (Phi) is 5.64. The van der Waals surface area contributed by atoms with Crippen molar-refractivity contribution in [3.8, 4) is 0 Å². The Balaban J connectivity index is 2.16. The summed E-state index contributed by atoms with van der Waals surface area (Å²) in [4.78, 5) is 2.14. The standard InChI is InChI=1S/C23H25NO/c1-24(2)18-19-25-23(20-12-6-3-7-13-20,21-14-8-4-9-15-21)22-16-10-5-11-17-22/h3-17H,18-19H2,1-2H3. The van der Waals surface area contributed by atoms with Gasteiger partial charge in [-0.3, -0.25) is 0 Å². The lowest BCUT2D eigenvalue weighted by Crippen LogP contribution is -2.35. The van der Waals surface area contributed by atoms with Gasteiger partial charge in [-0.05, 0) is 30.8 Å². The molecule has 25 heavy (non-hydrogen) atoms. The van der Waals surface area contributed by atoms with E-state index in [1.807, 2.05) is 18.2 Å². The topological polar surface area (TPSA) is 12.5 Å². The third-order valence-corrected chi connectivity index (χ3v) is 4.40. The van der Waals surface area contributed by atoms with Crippen molar-refractivity contribution in [2.24, 2.45) is 0 Å². The highest BCUT2D eigenvalue weighted by Crippen LogP contribution is 2.40. The molecule has 2 nitrogen and oxygen atoms in total. The Morgan fingerprint density at radius 1 is 0.640 bits per heavy atom. The number of ether oxygens (including phenoxy) is 1. The van der Waals surface area contributed by atoms with Gasteiger partial charge in [0.15, 0.2) is 0 Å². The third kappa shape index (κ3) is 3.81. The molecule has 0 fully saturated rings. The molecule has 0 bridgehead atoms. The average Bonchev–Trinajstić information content (AvgIpc) is 2.67. The second kappa shape index (κ2) is 8.11. The molecule has 0 aliphatic heterocycles. The summed E-state index contributed by atoms with van der Waals surface area (Å²) in [7, 11) is 4.14. The summed E-state index contributed by atoms with van der Waals surface area (Å²) < 4.78 is 6.66. The van der Waals surface area contributed by atoms with Crippen LogP contribution in [0.2, 0.25) is 0 Å². The molecule has 0 aliphatic carbocycles. The highest BCUT2D eigenvalue weighted by molar-refractivity contribution is 5.47. The molecule has 0 spiro atoms. The van der Waals surface area contributed by atoms with Crippen LogP contribution in [-0.4, -0.2) is 32.1 Å². The van der Waals surface area contributed by atoms with E-state index in [0.29, 0.717) is 6.61 Å². The van der Waals surface area contributed by atoms with E-state index in [1.54, 1.807) is 0 Å². The fraction of sp³-hybridized carbons (Fsp3) is 0.217. The minimum Gasteiger partial charge on any atom is -0.360 e. The smallest absolute Gasteiger partial charge is 0.143 e. The maximum absolute atomic E-state index is 6.66. The molecule has 0 aromatic heterocycles. The van der Waals surface area contributed by atoms with Gasteiger partial charge in [0.25, 0.3) is 0 Å². The molecule has 3 rings (SSSR count). The zero-order chi connectivity index (χ0) is 17.5. The quantitative estimate of drug-likeness (QED) is 0.589. The van der Waals surface area contributed by atoms with Gasteiger partial charge in [-0.2, -0.15) is 0 Å². The highest BCUT2D eigenvalue weighted by atomic mass is 16.5. The summed E-state index contributed by atoms with van der Waals surface area (Å²) in [5, 5.41) is 0. The van der Waals surface area contributed by atoms with Crippen LogP contribution in [0.5, 0.6) is 0 Å². The van der Waals surface area contributed by atoms with Crippen LogP contribution in [0.15, 0.2) is 91.0 Å². The van der Waals surface area contributed by atoms with Crippen LogP contribution < -0.4 is 0 Å². The van der Waals surface area contributed by atoms with Crippen molar-refractivity contribution >= 4 is 0 Å². The van der Waals surface area contributed by atoms with E-state index in [0.717, 1.165) is 23.2 Å². The molecule has 0 radical (unpaired) electrons. The minimum absolute atomic E-state index is 0.611. The van der Waals surface area contributed by atoms with Gasteiger partial charge in [0.1, 0.15) is 5.60 Å². The van der Waals surface area contributed by atoms with Crippen LogP contribution in [-0.2, 0) is 10.3 Å². The Bertz CT molecular complexity index is 657.